The van der Waals surface area contributed by atoms with Crippen molar-refractivity contribution < 1.29 is 14.6 Å². The standard InChI is InChI=1S/C15H24O3/c1-17-9-5-10-18-11-8-15(13-16)12-14-6-3-2-4-7-14/h2-4,6-7,15-16H,5,8-13H2,1H3. The van der Waals surface area contributed by atoms with Gasteiger partial charge >= 0.3 is 0 Å². The lowest BCUT2D eigenvalue weighted by Crippen LogP contribution is -2.13. The molecule has 1 N–H and O–H groups in total. The van der Waals surface area contributed by atoms with Crippen molar-refractivity contribution in [2.24, 2.45) is 5.92 Å². The Bertz CT molecular complexity index is 287. The Labute approximate surface area is 110 Å². The average Bonchev–Trinajstić information content (AvgIpc) is 2.42. The first-order chi connectivity index (χ1) is 8.86. The zero-order valence-corrected chi connectivity index (χ0v) is 11.2. The van der Waals surface area contributed by atoms with Crippen molar-refractivity contribution in [2.75, 3.05) is 33.5 Å². The maximum absolute atomic E-state index is 9.35. The van der Waals surface area contributed by atoms with E-state index in [1.54, 1.807) is 7.11 Å². The van der Waals surface area contributed by atoms with E-state index in [2.05, 4.69) is 12.1 Å². The Morgan fingerprint density at radius 2 is 1.89 bits per heavy atom. The second kappa shape index (κ2) is 10.1. The van der Waals surface area contributed by atoms with Crippen molar-refractivity contribution >= 4 is 0 Å². The maximum Gasteiger partial charge on any atom is 0.0487 e. The first-order valence-electron chi connectivity index (χ1n) is 6.58. The molecule has 0 fully saturated rings. The van der Waals surface area contributed by atoms with Crippen LogP contribution in [0.4, 0.5) is 0 Å². The van der Waals surface area contributed by atoms with Gasteiger partial charge in [-0.1, -0.05) is 30.3 Å². The quantitative estimate of drug-likeness (QED) is 0.649. The Kier molecular flexibility index (Phi) is 8.47. The molecule has 1 atom stereocenters. The van der Waals surface area contributed by atoms with Gasteiger partial charge in [-0.2, -0.15) is 0 Å². The summed E-state index contributed by atoms with van der Waals surface area (Å²) in [7, 11) is 1.70. The number of aliphatic hydroxyl groups is 1. The Balaban J connectivity index is 2.14. The highest BCUT2D eigenvalue weighted by Gasteiger charge is 2.08. The summed E-state index contributed by atoms with van der Waals surface area (Å²) in [4.78, 5) is 0. The summed E-state index contributed by atoms with van der Waals surface area (Å²) >= 11 is 0. The van der Waals surface area contributed by atoms with Crippen molar-refractivity contribution in [2.45, 2.75) is 19.3 Å². The lowest BCUT2D eigenvalue weighted by molar-refractivity contribution is 0.0857. The van der Waals surface area contributed by atoms with Crippen molar-refractivity contribution in [3.05, 3.63) is 35.9 Å². The van der Waals surface area contributed by atoms with Crippen molar-refractivity contribution in [1.29, 1.82) is 0 Å². The minimum atomic E-state index is 0.219. The highest BCUT2D eigenvalue weighted by molar-refractivity contribution is 5.15. The molecule has 1 unspecified atom stereocenters. The molecule has 102 valence electrons. The van der Waals surface area contributed by atoms with E-state index in [9.17, 15) is 5.11 Å². The third-order valence-electron chi connectivity index (χ3n) is 2.93. The molecule has 1 aromatic carbocycles. The van der Waals surface area contributed by atoms with Crippen LogP contribution in [0.1, 0.15) is 18.4 Å². The lowest BCUT2D eigenvalue weighted by Gasteiger charge is -2.14. The monoisotopic (exact) mass is 252 g/mol. The molecule has 3 nitrogen and oxygen atoms in total. The largest absolute Gasteiger partial charge is 0.396 e. The topological polar surface area (TPSA) is 38.7 Å². The molecular weight excluding hydrogens is 228 g/mol. The maximum atomic E-state index is 9.35. The number of hydrogen-bond acceptors (Lipinski definition) is 3. The van der Waals surface area contributed by atoms with Crippen LogP contribution in [0.15, 0.2) is 30.3 Å². The van der Waals surface area contributed by atoms with Gasteiger partial charge in [0.2, 0.25) is 0 Å². The number of aliphatic hydroxyl groups excluding tert-OH is 1. The number of rotatable bonds is 10. The minimum Gasteiger partial charge on any atom is -0.396 e. The third kappa shape index (κ3) is 6.74. The second-order valence-corrected chi connectivity index (χ2v) is 4.49. The lowest BCUT2D eigenvalue weighted by atomic mass is 9.97. The van der Waals surface area contributed by atoms with Gasteiger partial charge in [0, 0.05) is 33.5 Å². The normalized spacial score (nSPS) is 12.6. The summed E-state index contributed by atoms with van der Waals surface area (Å²) in [5.74, 6) is 0.287. The molecule has 0 amide bonds. The zero-order valence-electron chi connectivity index (χ0n) is 11.2. The van der Waals surface area contributed by atoms with Crippen LogP contribution in [0.2, 0.25) is 0 Å². The van der Waals surface area contributed by atoms with Crippen LogP contribution in [-0.4, -0.2) is 38.6 Å². The molecule has 0 heterocycles. The van der Waals surface area contributed by atoms with Crippen LogP contribution in [0.5, 0.6) is 0 Å². The van der Waals surface area contributed by atoms with Crippen LogP contribution in [0, 0.1) is 5.92 Å². The van der Waals surface area contributed by atoms with Crippen LogP contribution in [-0.2, 0) is 15.9 Å². The fourth-order valence-corrected chi connectivity index (χ4v) is 1.86. The van der Waals surface area contributed by atoms with Gasteiger partial charge in [-0.25, -0.2) is 0 Å². The molecule has 1 rings (SSSR count). The summed E-state index contributed by atoms with van der Waals surface area (Å²) in [5.41, 5.74) is 1.27. The molecule has 0 aliphatic rings. The van der Waals surface area contributed by atoms with E-state index in [1.807, 2.05) is 18.2 Å². The highest BCUT2D eigenvalue weighted by Crippen LogP contribution is 2.11. The molecule has 0 bridgehead atoms. The van der Waals surface area contributed by atoms with E-state index in [1.165, 1.54) is 5.56 Å². The van der Waals surface area contributed by atoms with Gasteiger partial charge in [0.25, 0.3) is 0 Å². The number of methoxy groups -OCH3 is 1. The fraction of sp³-hybridized carbons (Fsp3) is 0.600. The molecule has 0 saturated carbocycles. The smallest absolute Gasteiger partial charge is 0.0487 e. The summed E-state index contributed by atoms with van der Waals surface area (Å²) in [5, 5.41) is 9.35. The number of hydrogen-bond donors (Lipinski definition) is 1. The fourth-order valence-electron chi connectivity index (χ4n) is 1.86. The molecule has 0 saturated heterocycles. The van der Waals surface area contributed by atoms with Gasteiger partial charge in [0.05, 0.1) is 0 Å². The third-order valence-corrected chi connectivity index (χ3v) is 2.93. The molecule has 0 aliphatic heterocycles. The SMILES string of the molecule is COCCCOCCC(CO)Cc1ccccc1. The Morgan fingerprint density at radius 1 is 1.11 bits per heavy atom. The Morgan fingerprint density at radius 3 is 2.56 bits per heavy atom. The summed E-state index contributed by atoms with van der Waals surface area (Å²) < 4.78 is 10.5. The van der Waals surface area contributed by atoms with E-state index < -0.39 is 0 Å². The summed E-state index contributed by atoms with van der Waals surface area (Å²) in [6, 6.07) is 10.3. The van der Waals surface area contributed by atoms with Crippen LogP contribution in [0.3, 0.4) is 0 Å². The predicted octanol–water partition coefficient (Wildman–Crippen LogP) is 2.28. The molecular formula is C15H24O3. The van der Waals surface area contributed by atoms with Gasteiger partial charge in [-0.15, -0.1) is 0 Å². The van der Waals surface area contributed by atoms with Gasteiger partial charge in [-0.05, 0) is 30.7 Å². The molecule has 3 heteroatoms. The average molecular weight is 252 g/mol. The van der Waals surface area contributed by atoms with E-state index in [4.69, 9.17) is 9.47 Å². The first kappa shape index (κ1) is 15.2. The number of ether oxygens (including phenoxy) is 2. The van der Waals surface area contributed by atoms with Crippen LogP contribution >= 0.6 is 0 Å². The molecule has 0 radical (unpaired) electrons. The summed E-state index contributed by atoms with van der Waals surface area (Å²) in [6.45, 7) is 2.41. The predicted molar refractivity (Wildman–Crippen MR) is 72.7 cm³/mol. The van der Waals surface area contributed by atoms with Crippen molar-refractivity contribution in [1.82, 2.24) is 0 Å². The molecule has 1 aromatic rings. The van der Waals surface area contributed by atoms with Crippen molar-refractivity contribution in [3.8, 4) is 0 Å². The molecule has 18 heavy (non-hydrogen) atoms. The van der Waals surface area contributed by atoms with E-state index in [0.29, 0.717) is 6.61 Å². The van der Waals surface area contributed by atoms with E-state index in [0.717, 1.165) is 32.5 Å². The molecule has 0 aliphatic carbocycles. The van der Waals surface area contributed by atoms with Crippen LogP contribution in [0.25, 0.3) is 0 Å². The second-order valence-electron chi connectivity index (χ2n) is 4.49. The minimum absolute atomic E-state index is 0.219. The summed E-state index contributed by atoms with van der Waals surface area (Å²) in [6.07, 6.45) is 2.75. The highest BCUT2D eigenvalue weighted by atomic mass is 16.5. The zero-order chi connectivity index (χ0) is 13.1. The first-order valence-corrected chi connectivity index (χ1v) is 6.58. The van der Waals surface area contributed by atoms with Gasteiger partial charge in [0.15, 0.2) is 0 Å². The van der Waals surface area contributed by atoms with Gasteiger partial charge in [-0.3, -0.25) is 0 Å². The molecule has 0 aromatic heterocycles. The van der Waals surface area contributed by atoms with E-state index in [-0.39, 0.29) is 12.5 Å². The van der Waals surface area contributed by atoms with Crippen LogP contribution < -0.4 is 0 Å². The van der Waals surface area contributed by atoms with Crippen molar-refractivity contribution in [3.63, 3.8) is 0 Å². The molecule has 0 spiro atoms. The van der Waals surface area contributed by atoms with Gasteiger partial charge in [0.1, 0.15) is 0 Å². The number of benzene rings is 1. The van der Waals surface area contributed by atoms with E-state index >= 15 is 0 Å². The Hall–Kier alpha value is -0.900. The van der Waals surface area contributed by atoms with Gasteiger partial charge < -0.3 is 14.6 Å².